The molecule has 2 rings (SSSR count). The Labute approximate surface area is 149 Å². The number of nitrogens with zero attached hydrogens (tertiary/aromatic N) is 3. The third-order valence-electron chi connectivity index (χ3n) is 4.17. The van der Waals surface area contributed by atoms with E-state index in [2.05, 4.69) is 17.3 Å². The number of aliphatic hydroxyl groups excluding tert-OH is 1. The standard InChI is InChI=1S/C19H28N4O2/c1-4-5-11-22(12-13-24)14-18(25)20-19-15(2)21-23(16(19)3)17-9-7-6-8-10-17/h6-10,24H,4-5,11-14H2,1-3H3,(H,20,25). The van der Waals surface area contributed by atoms with Crippen LogP contribution in [0.1, 0.15) is 31.2 Å². The second-order valence-corrected chi connectivity index (χ2v) is 6.19. The fourth-order valence-corrected chi connectivity index (χ4v) is 2.82. The van der Waals surface area contributed by atoms with Gasteiger partial charge in [0.25, 0.3) is 0 Å². The van der Waals surface area contributed by atoms with E-state index in [1.165, 1.54) is 0 Å². The van der Waals surface area contributed by atoms with Crippen LogP contribution in [0.3, 0.4) is 0 Å². The largest absolute Gasteiger partial charge is 0.395 e. The van der Waals surface area contributed by atoms with Crippen molar-refractivity contribution in [3.63, 3.8) is 0 Å². The fourth-order valence-electron chi connectivity index (χ4n) is 2.82. The number of hydrogen-bond acceptors (Lipinski definition) is 4. The van der Waals surface area contributed by atoms with Gasteiger partial charge in [-0.25, -0.2) is 4.68 Å². The van der Waals surface area contributed by atoms with E-state index in [1.54, 1.807) is 0 Å². The van der Waals surface area contributed by atoms with Gasteiger partial charge in [0, 0.05) is 6.54 Å². The van der Waals surface area contributed by atoms with Gasteiger partial charge in [-0.2, -0.15) is 5.10 Å². The summed E-state index contributed by atoms with van der Waals surface area (Å²) in [5.74, 6) is -0.0802. The van der Waals surface area contributed by atoms with E-state index in [9.17, 15) is 4.79 Å². The maximum Gasteiger partial charge on any atom is 0.238 e. The van der Waals surface area contributed by atoms with Gasteiger partial charge in [0.1, 0.15) is 0 Å². The molecule has 1 aromatic carbocycles. The third kappa shape index (κ3) is 5.14. The Morgan fingerprint density at radius 2 is 1.96 bits per heavy atom. The highest BCUT2D eigenvalue weighted by Gasteiger charge is 2.17. The van der Waals surface area contributed by atoms with E-state index in [0.717, 1.165) is 42.1 Å². The number of amides is 1. The van der Waals surface area contributed by atoms with Crippen LogP contribution in [0.15, 0.2) is 30.3 Å². The number of aliphatic hydroxyl groups is 1. The van der Waals surface area contributed by atoms with Gasteiger partial charge in [0.2, 0.25) is 5.91 Å². The maximum absolute atomic E-state index is 12.4. The summed E-state index contributed by atoms with van der Waals surface area (Å²) in [6.07, 6.45) is 2.07. The Morgan fingerprint density at radius 1 is 1.24 bits per heavy atom. The number of hydrogen-bond donors (Lipinski definition) is 2. The second-order valence-electron chi connectivity index (χ2n) is 6.19. The summed E-state index contributed by atoms with van der Waals surface area (Å²) < 4.78 is 1.84. The smallest absolute Gasteiger partial charge is 0.238 e. The molecule has 0 radical (unpaired) electrons. The molecule has 2 aromatic rings. The highest BCUT2D eigenvalue weighted by atomic mass is 16.3. The van der Waals surface area contributed by atoms with Crippen LogP contribution in [0, 0.1) is 13.8 Å². The molecule has 0 aliphatic heterocycles. The minimum absolute atomic E-state index is 0.0565. The maximum atomic E-state index is 12.4. The van der Waals surface area contributed by atoms with E-state index < -0.39 is 0 Å². The highest BCUT2D eigenvalue weighted by molar-refractivity contribution is 5.93. The molecule has 1 amide bonds. The Balaban J connectivity index is 2.09. The van der Waals surface area contributed by atoms with Gasteiger partial charge in [0.15, 0.2) is 0 Å². The number of carbonyl (C=O) groups excluding carboxylic acids is 1. The molecule has 6 heteroatoms. The molecular formula is C19H28N4O2. The van der Waals surface area contributed by atoms with Crippen LogP contribution >= 0.6 is 0 Å². The van der Waals surface area contributed by atoms with Crippen LogP contribution < -0.4 is 5.32 Å². The van der Waals surface area contributed by atoms with Gasteiger partial charge in [-0.15, -0.1) is 0 Å². The van der Waals surface area contributed by atoms with Crippen molar-refractivity contribution < 1.29 is 9.90 Å². The summed E-state index contributed by atoms with van der Waals surface area (Å²) in [6, 6.07) is 9.86. The topological polar surface area (TPSA) is 70.4 Å². The Bertz CT molecular complexity index is 682. The quantitative estimate of drug-likeness (QED) is 0.733. The monoisotopic (exact) mass is 344 g/mol. The zero-order valence-corrected chi connectivity index (χ0v) is 15.3. The highest BCUT2D eigenvalue weighted by Crippen LogP contribution is 2.22. The molecule has 0 aliphatic carbocycles. The number of anilines is 1. The number of nitrogens with one attached hydrogen (secondary N) is 1. The van der Waals surface area contributed by atoms with Crippen molar-refractivity contribution in [2.45, 2.75) is 33.6 Å². The van der Waals surface area contributed by atoms with Gasteiger partial charge < -0.3 is 10.4 Å². The van der Waals surface area contributed by atoms with Gasteiger partial charge in [-0.05, 0) is 38.9 Å². The average Bonchev–Trinajstić information content (AvgIpc) is 2.89. The van der Waals surface area contributed by atoms with Crippen LogP contribution in [0.4, 0.5) is 5.69 Å². The van der Waals surface area contributed by atoms with Gasteiger partial charge in [-0.3, -0.25) is 9.69 Å². The number of para-hydroxylation sites is 1. The summed E-state index contributed by atoms with van der Waals surface area (Å²) in [7, 11) is 0. The molecule has 0 atom stereocenters. The Morgan fingerprint density at radius 3 is 2.60 bits per heavy atom. The third-order valence-corrected chi connectivity index (χ3v) is 4.17. The van der Waals surface area contributed by atoms with E-state index in [-0.39, 0.29) is 19.1 Å². The number of unbranched alkanes of at least 4 members (excludes halogenated alkanes) is 1. The van der Waals surface area contributed by atoms with Crippen molar-refractivity contribution in [3.8, 4) is 5.69 Å². The molecule has 0 unspecified atom stereocenters. The zero-order chi connectivity index (χ0) is 18.2. The molecule has 25 heavy (non-hydrogen) atoms. The molecule has 1 heterocycles. The lowest BCUT2D eigenvalue weighted by atomic mass is 10.2. The minimum Gasteiger partial charge on any atom is -0.395 e. The molecule has 0 saturated carbocycles. The SMILES string of the molecule is CCCCN(CCO)CC(=O)Nc1c(C)nn(-c2ccccc2)c1C. The van der Waals surface area contributed by atoms with Gasteiger partial charge in [0.05, 0.1) is 35.9 Å². The van der Waals surface area contributed by atoms with Crippen LogP contribution in [0.2, 0.25) is 0 Å². The summed E-state index contributed by atoms with van der Waals surface area (Å²) in [5.41, 5.74) is 3.41. The first-order chi connectivity index (χ1) is 12.1. The first-order valence-corrected chi connectivity index (χ1v) is 8.81. The molecular weight excluding hydrogens is 316 g/mol. The van der Waals surface area contributed by atoms with Crippen molar-refractivity contribution in [3.05, 3.63) is 41.7 Å². The van der Waals surface area contributed by atoms with Crippen LogP contribution in [0.25, 0.3) is 5.69 Å². The number of carbonyl (C=O) groups is 1. The normalized spacial score (nSPS) is 11.1. The first-order valence-electron chi connectivity index (χ1n) is 8.81. The summed E-state index contributed by atoms with van der Waals surface area (Å²) >= 11 is 0. The molecule has 0 spiro atoms. The van der Waals surface area contributed by atoms with Gasteiger partial charge >= 0.3 is 0 Å². The number of aryl methyl sites for hydroxylation is 1. The number of rotatable bonds is 9. The lowest BCUT2D eigenvalue weighted by Crippen LogP contribution is -2.36. The van der Waals surface area contributed by atoms with Crippen molar-refractivity contribution in [1.82, 2.24) is 14.7 Å². The summed E-state index contributed by atoms with van der Waals surface area (Å²) in [5, 5.41) is 16.7. The minimum atomic E-state index is -0.0802. The predicted octanol–water partition coefficient (Wildman–Crippen LogP) is 2.52. The molecule has 136 valence electrons. The van der Waals surface area contributed by atoms with Crippen LogP contribution in [-0.2, 0) is 4.79 Å². The fraction of sp³-hybridized carbons (Fsp3) is 0.474. The molecule has 6 nitrogen and oxygen atoms in total. The lowest BCUT2D eigenvalue weighted by Gasteiger charge is -2.20. The second kappa shape index (κ2) is 9.34. The van der Waals surface area contributed by atoms with Crippen LogP contribution in [0.5, 0.6) is 0 Å². The first kappa shape index (κ1) is 19.1. The van der Waals surface area contributed by atoms with Crippen molar-refractivity contribution >= 4 is 11.6 Å². The zero-order valence-electron chi connectivity index (χ0n) is 15.3. The van der Waals surface area contributed by atoms with E-state index >= 15 is 0 Å². The Kier molecular flexibility index (Phi) is 7.16. The Hall–Kier alpha value is -2.18. The van der Waals surface area contributed by atoms with Crippen molar-refractivity contribution in [1.29, 1.82) is 0 Å². The van der Waals surface area contributed by atoms with Crippen LogP contribution in [-0.4, -0.2) is 51.9 Å². The number of benzene rings is 1. The molecule has 0 saturated heterocycles. The number of aromatic nitrogens is 2. The average molecular weight is 344 g/mol. The van der Waals surface area contributed by atoms with Crippen molar-refractivity contribution in [2.75, 3.05) is 31.6 Å². The molecule has 0 aliphatic rings. The molecule has 0 bridgehead atoms. The molecule has 1 aromatic heterocycles. The summed E-state index contributed by atoms with van der Waals surface area (Å²) in [4.78, 5) is 14.4. The lowest BCUT2D eigenvalue weighted by molar-refractivity contribution is -0.117. The van der Waals surface area contributed by atoms with E-state index in [4.69, 9.17) is 5.11 Å². The van der Waals surface area contributed by atoms with E-state index in [0.29, 0.717) is 6.54 Å². The van der Waals surface area contributed by atoms with E-state index in [1.807, 2.05) is 53.8 Å². The van der Waals surface area contributed by atoms with Gasteiger partial charge in [-0.1, -0.05) is 31.5 Å². The molecule has 2 N–H and O–H groups in total. The van der Waals surface area contributed by atoms with Crippen molar-refractivity contribution in [2.24, 2.45) is 0 Å². The molecule has 0 fully saturated rings. The predicted molar refractivity (Wildman–Crippen MR) is 100 cm³/mol. The summed E-state index contributed by atoms with van der Waals surface area (Å²) in [6.45, 7) is 7.61.